The Kier molecular flexibility index (Phi) is 6.87. The first-order chi connectivity index (χ1) is 11.2. The molecule has 0 N–H and O–H groups in total. The largest absolute Gasteiger partial charge is 0.484 e. The fraction of sp³-hybridized carbons (Fsp3) is 0.529. The molecule has 0 aromatic heterocycles. The lowest BCUT2D eigenvalue weighted by molar-refractivity contribution is -0.135. The Morgan fingerprint density at radius 3 is 2.30 bits per heavy atom. The Morgan fingerprint density at radius 1 is 1.00 bits per heavy atom. The van der Waals surface area contributed by atoms with Gasteiger partial charge in [0, 0.05) is 33.3 Å². The van der Waals surface area contributed by atoms with Gasteiger partial charge in [0.05, 0.1) is 13.0 Å². The predicted octanol–water partition coefficient (Wildman–Crippen LogP) is 1.16. The quantitative estimate of drug-likeness (QED) is 0.789. The van der Waals surface area contributed by atoms with Gasteiger partial charge in [0.25, 0.3) is 5.91 Å². The van der Waals surface area contributed by atoms with Gasteiger partial charge in [0.2, 0.25) is 5.91 Å². The van der Waals surface area contributed by atoms with Gasteiger partial charge in [-0.1, -0.05) is 18.2 Å². The van der Waals surface area contributed by atoms with Gasteiger partial charge in [0.15, 0.2) is 6.61 Å². The maximum Gasteiger partial charge on any atom is 0.260 e. The number of para-hydroxylation sites is 1. The highest BCUT2D eigenvalue weighted by molar-refractivity contribution is 5.78. The van der Waals surface area contributed by atoms with Crippen LogP contribution in [0.5, 0.6) is 5.75 Å². The summed E-state index contributed by atoms with van der Waals surface area (Å²) in [6, 6.07) is 9.29. The summed E-state index contributed by atoms with van der Waals surface area (Å²) >= 11 is 0. The minimum Gasteiger partial charge on any atom is -0.484 e. The van der Waals surface area contributed by atoms with Crippen molar-refractivity contribution >= 4 is 11.8 Å². The highest BCUT2D eigenvalue weighted by Gasteiger charge is 2.21. The molecule has 6 heteroatoms. The maximum absolute atomic E-state index is 12.3. The minimum absolute atomic E-state index is 0.0294. The summed E-state index contributed by atoms with van der Waals surface area (Å²) in [5.74, 6) is 0.730. The van der Waals surface area contributed by atoms with Crippen molar-refractivity contribution in [3.63, 3.8) is 0 Å². The van der Waals surface area contributed by atoms with Gasteiger partial charge in [-0.2, -0.15) is 0 Å². The number of hydrogen-bond acceptors (Lipinski definition) is 4. The lowest BCUT2D eigenvalue weighted by Crippen LogP contribution is -2.39. The van der Waals surface area contributed by atoms with E-state index in [1.165, 1.54) is 0 Å². The van der Waals surface area contributed by atoms with Crippen molar-refractivity contribution in [2.45, 2.75) is 12.8 Å². The number of amides is 2. The van der Waals surface area contributed by atoms with E-state index < -0.39 is 0 Å². The average molecular weight is 320 g/mol. The van der Waals surface area contributed by atoms with Gasteiger partial charge in [-0.15, -0.1) is 0 Å². The molecule has 0 aliphatic carbocycles. The summed E-state index contributed by atoms with van der Waals surface area (Å²) in [6.45, 7) is 2.93. The number of ether oxygens (including phenoxy) is 2. The molecular weight excluding hydrogens is 296 g/mol. The summed E-state index contributed by atoms with van der Waals surface area (Å²) in [7, 11) is 1.59. The number of carbonyl (C=O) groups is 2. The first-order valence-electron chi connectivity index (χ1n) is 7.93. The molecule has 0 bridgehead atoms. The van der Waals surface area contributed by atoms with E-state index in [4.69, 9.17) is 9.47 Å². The van der Waals surface area contributed by atoms with E-state index >= 15 is 0 Å². The molecule has 1 aromatic rings. The Balaban J connectivity index is 1.78. The number of methoxy groups -OCH3 is 1. The van der Waals surface area contributed by atoms with Crippen LogP contribution in [0.3, 0.4) is 0 Å². The Labute approximate surface area is 137 Å². The van der Waals surface area contributed by atoms with Crippen LogP contribution in [0.2, 0.25) is 0 Å². The molecule has 0 atom stereocenters. The van der Waals surface area contributed by atoms with Crippen molar-refractivity contribution in [1.29, 1.82) is 0 Å². The van der Waals surface area contributed by atoms with Crippen LogP contribution in [0.25, 0.3) is 0 Å². The number of rotatable bonds is 6. The number of hydrogen-bond donors (Lipinski definition) is 0. The predicted molar refractivity (Wildman–Crippen MR) is 86.2 cm³/mol. The van der Waals surface area contributed by atoms with Crippen molar-refractivity contribution in [3.05, 3.63) is 30.3 Å². The molecule has 2 amide bonds. The molecular formula is C17H24N2O4. The zero-order chi connectivity index (χ0) is 16.5. The number of benzene rings is 1. The number of nitrogens with zero attached hydrogens (tertiary/aromatic N) is 2. The second-order valence-corrected chi connectivity index (χ2v) is 5.46. The summed E-state index contributed by atoms with van der Waals surface area (Å²) in [4.78, 5) is 27.8. The fourth-order valence-corrected chi connectivity index (χ4v) is 2.52. The van der Waals surface area contributed by atoms with Crippen molar-refractivity contribution in [1.82, 2.24) is 9.80 Å². The van der Waals surface area contributed by atoms with E-state index in [2.05, 4.69) is 0 Å². The average Bonchev–Trinajstić information content (AvgIpc) is 2.84. The second-order valence-electron chi connectivity index (χ2n) is 5.46. The van der Waals surface area contributed by atoms with Crippen molar-refractivity contribution in [2.75, 3.05) is 46.5 Å². The fourth-order valence-electron chi connectivity index (χ4n) is 2.52. The zero-order valence-corrected chi connectivity index (χ0v) is 13.6. The van der Waals surface area contributed by atoms with Gasteiger partial charge in [-0.25, -0.2) is 0 Å². The summed E-state index contributed by atoms with van der Waals surface area (Å²) in [5.41, 5.74) is 0. The number of carbonyl (C=O) groups excluding carboxylic acids is 2. The molecule has 2 rings (SSSR count). The summed E-state index contributed by atoms with van der Waals surface area (Å²) in [6.07, 6.45) is 1.18. The van der Waals surface area contributed by atoms with E-state index in [1.807, 2.05) is 35.2 Å². The topological polar surface area (TPSA) is 59.1 Å². The van der Waals surface area contributed by atoms with Crippen LogP contribution in [0.4, 0.5) is 0 Å². The van der Waals surface area contributed by atoms with Crippen LogP contribution in [-0.2, 0) is 14.3 Å². The molecule has 23 heavy (non-hydrogen) atoms. The van der Waals surface area contributed by atoms with Crippen LogP contribution < -0.4 is 4.74 Å². The molecule has 0 radical (unpaired) electrons. The Bertz CT molecular complexity index is 507. The van der Waals surface area contributed by atoms with Crippen LogP contribution in [0.15, 0.2) is 30.3 Å². The van der Waals surface area contributed by atoms with Crippen molar-refractivity contribution < 1.29 is 19.1 Å². The van der Waals surface area contributed by atoms with Gasteiger partial charge in [-0.3, -0.25) is 9.59 Å². The molecule has 1 aliphatic heterocycles. The van der Waals surface area contributed by atoms with Gasteiger partial charge < -0.3 is 19.3 Å². The van der Waals surface area contributed by atoms with E-state index in [9.17, 15) is 9.59 Å². The molecule has 126 valence electrons. The maximum atomic E-state index is 12.3. The zero-order valence-electron chi connectivity index (χ0n) is 13.6. The Hall–Kier alpha value is -2.08. The van der Waals surface area contributed by atoms with Crippen LogP contribution in [0, 0.1) is 0 Å². The van der Waals surface area contributed by atoms with Gasteiger partial charge in [-0.05, 0) is 18.6 Å². The van der Waals surface area contributed by atoms with Crippen molar-refractivity contribution in [3.8, 4) is 5.75 Å². The van der Waals surface area contributed by atoms with Crippen LogP contribution in [-0.4, -0.2) is 68.1 Å². The van der Waals surface area contributed by atoms with Crippen molar-refractivity contribution in [2.24, 2.45) is 0 Å². The van der Waals surface area contributed by atoms with Crippen LogP contribution >= 0.6 is 0 Å². The van der Waals surface area contributed by atoms with E-state index in [0.717, 1.165) is 6.42 Å². The molecule has 1 saturated heterocycles. The molecule has 1 aromatic carbocycles. The molecule has 0 unspecified atom stereocenters. The standard InChI is InChI=1S/C17H24N2O4/c1-22-13-8-16(20)18-9-5-10-19(12-11-18)17(21)14-23-15-6-3-2-4-7-15/h2-4,6-7H,5,8-14H2,1H3. The third-order valence-corrected chi connectivity index (χ3v) is 3.83. The highest BCUT2D eigenvalue weighted by atomic mass is 16.5. The smallest absolute Gasteiger partial charge is 0.260 e. The Morgan fingerprint density at radius 2 is 1.65 bits per heavy atom. The third-order valence-electron chi connectivity index (χ3n) is 3.83. The summed E-state index contributed by atoms with van der Waals surface area (Å²) in [5, 5.41) is 0. The van der Waals surface area contributed by atoms with E-state index in [1.54, 1.807) is 12.0 Å². The van der Waals surface area contributed by atoms with Crippen LogP contribution in [0.1, 0.15) is 12.8 Å². The van der Waals surface area contributed by atoms with Gasteiger partial charge in [0.1, 0.15) is 5.75 Å². The molecule has 1 aliphatic rings. The lowest BCUT2D eigenvalue weighted by Gasteiger charge is -2.22. The second kappa shape index (κ2) is 9.15. The molecule has 0 saturated carbocycles. The molecule has 0 spiro atoms. The molecule has 1 fully saturated rings. The van der Waals surface area contributed by atoms with Gasteiger partial charge >= 0.3 is 0 Å². The molecule has 1 heterocycles. The highest BCUT2D eigenvalue weighted by Crippen LogP contribution is 2.10. The normalized spacial score (nSPS) is 15.2. The first kappa shape index (κ1) is 17.3. The summed E-state index contributed by atoms with van der Waals surface area (Å²) < 4.78 is 10.4. The molecule has 6 nitrogen and oxygen atoms in total. The van der Waals surface area contributed by atoms with E-state index in [0.29, 0.717) is 45.0 Å². The monoisotopic (exact) mass is 320 g/mol. The van der Waals surface area contributed by atoms with E-state index in [-0.39, 0.29) is 18.4 Å². The minimum atomic E-state index is -0.0416. The third kappa shape index (κ3) is 5.56. The first-order valence-corrected chi connectivity index (χ1v) is 7.93. The SMILES string of the molecule is COCCC(=O)N1CCCN(C(=O)COc2ccccc2)CC1. The lowest BCUT2D eigenvalue weighted by atomic mass is 10.3.